The van der Waals surface area contributed by atoms with Crippen molar-refractivity contribution in [3.8, 4) is 5.69 Å². The van der Waals surface area contributed by atoms with Gasteiger partial charge in [0.1, 0.15) is 0 Å². The van der Waals surface area contributed by atoms with Crippen molar-refractivity contribution >= 4 is 23.3 Å². The number of aryl methyl sites for hydroxylation is 2. The number of nitrogens with zero attached hydrogens (tertiary/aromatic N) is 3. The van der Waals surface area contributed by atoms with Crippen LogP contribution in [0.2, 0.25) is 0 Å². The quantitative estimate of drug-likeness (QED) is 0.668. The Morgan fingerprint density at radius 2 is 2.18 bits per heavy atom. The van der Waals surface area contributed by atoms with Crippen LogP contribution in [0.25, 0.3) is 16.7 Å². The van der Waals surface area contributed by atoms with Crippen LogP contribution in [0, 0.1) is 11.7 Å². The summed E-state index contributed by atoms with van der Waals surface area (Å²) in [7, 11) is 1.90. The normalized spacial score (nSPS) is 11.2. The summed E-state index contributed by atoms with van der Waals surface area (Å²) < 4.78 is 4.47. The van der Waals surface area contributed by atoms with Crippen molar-refractivity contribution in [3.63, 3.8) is 0 Å². The molecule has 0 radical (unpaired) electrons. The molecule has 0 saturated carbocycles. The molecule has 0 spiro atoms. The lowest BCUT2D eigenvalue weighted by Crippen LogP contribution is -1.92. The molecule has 17 heavy (non-hydrogen) atoms. The van der Waals surface area contributed by atoms with Crippen LogP contribution in [0.1, 0.15) is 5.56 Å². The summed E-state index contributed by atoms with van der Waals surface area (Å²) in [6.07, 6.45) is 3.76. The summed E-state index contributed by atoms with van der Waals surface area (Å²) in [6, 6.07) is 6.24. The Labute approximate surface area is 104 Å². The molecule has 0 aliphatic rings. The lowest BCUT2D eigenvalue weighted by Gasteiger charge is -2.00. The molecule has 86 valence electrons. The molecule has 2 aromatic heterocycles. The van der Waals surface area contributed by atoms with Crippen molar-refractivity contribution in [2.24, 2.45) is 7.05 Å². The number of benzene rings is 1. The van der Waals surface area contributed by atoms with E-state index < -0.39 is 0 Å². The van der Waals surface area contributed by atoms with Gasteiger partial charge in [-0.3, -0.25) is 9.25 Å². The van der Waals surface area contributed by atoms with Gasteiger partial charge in [-0.1, -0.05) is 6.07 Å². The molecule has 0 aliphatic carbocycles. The van der Waals surface area contributed by atoms with Crippen molar-refractivity contribution in [2.45, 2.75) is 6.92 Å². The smallest absolute Gasteiger partial charge is 0.182 e. The second-order valence-corrected chi connectivity index (χ2v) is 4.55. The fraction of sp³-hybridized carbons (Fsp3) is 0.167. The predicted octanol–water partition coefficient (Wildman–Crippen LogP) is 2.73. The van der Waals surface area contributed by atoms with Crippen molar-refractivity contribution in [1.29, 1.82) is 0 Å². The van der Waals surface area contributed by atoms with Gasteiger partial charge in [-0.15, -0.1) is 0 Å². The summed E-state index contributed by atoms with van der Waals surface area (Å²) in [5.41, 5.74) is 4.32. The molecule has 0 bridgehead atoms. The van der Waals surface area contributed by atoms with Gasteiger partial charge >= 0.3 is 0 Å². The van der Waals surface area contributed by atoms with Gasteiger partial charge in [0, 0.05) is 13.2 Å². The zero-order valence-corrected chi connectivity index (χ0v) is 10.5. The van der Waals surface area contributed by atoms with Crippen LogP contribution in [0.3, 0.4) is 0 Å². The van der Waals surface area contributed by atoms with Crippen molar-refractivity contribution < 1.29 is 0 Å². The fourth-order valence-corrected chi connectivity index (χ4v) is 2.31. The molecule has 0 atom stereocenters. The number of hydrogen-bond acceptors (Lipinski definition) is 2. The summed E-state index contributed by atoms with van der Waals surface area (Å²) >= 11 is 5.36. The SMILES string of the molecule is Cc1ccc2[nH]c(=S)n(-c3cnn(C)c3)c2c1. The average Bonchev–Trinajstić information content (AvgIpc) is 2.81. The molecule has 0 aliphatic heterocycles. The van der Waals surface area contributed by atoms with Crippen LogP contribution in [0.15, 0.2) is 30.6 Å². The number of rotatable bonds is 1. The zero-order valence-electron chi connectivity index (χ0n) is 9.64. The second kappa shape index (κ2) is 3.56. The maximum Gasteiger partial charge on any atom is 0.182 e. The Bertz CT molecular complexity index is 747. The maximum absolute atomic E-state index is 5.36. The third-order valence-corrected chi connectivity index (χ3v) is 3.07. The summed E-state index contributed by atoms with van der Waals surface area (Å²) in [4.78, 5) is 3.20. The van der Waals surface area contributed by atoms with E-state index in [0.717, 1.165) is 16.7 Å². The molecule has 4 nitrogen and oxygen atoms in total. The van der Waals surface area contributed by atoms with Gasteiger partial charge in [-0.25, -0.2) is 0 Å². The third kappa shape index (κ3) is 1.59. The largest absolute Gasteiger partial charge is 0.330 e. The van der Waals surface area contributed by atoms with Gasteiger partial charge in [0.2, 0.25) is 0 Å². The maximum atomic E-state index is 5.36. The Kier molecular flexibility index (Phi) is 2.16. The van der Waals surface area contributed by atoms with Gasteiger partial charge in [0.05, 0.1) is 22.9 Å². The number of hydrogen-bond donors (Lipinski definition) is 1. The summed E-state index contributed by atoms with van der Waals surface area (Å²) in [5.74, 6) is 0. The van der Waals surface area contributed by atoms with E-state index in [-0.39, 0.29) is 0 Å². The van der Waals surface area contributed by atoms with Crippen LogP contribution in [-0.2, 0) is 7.05 Å². The molecule has 0 amide bonds. The monoisotopic (exact) mass is 244 g/mol. The first-order valence-corrected chi connectivity index (χ1v) is 5.76. The summed E-state index contributed by atoms with van der Waals surface area (Å²) in [6.45, 7) is 2.07. The van der Waals surface area contributed by atoms with Gasteiger partial charge in [0.25, 0.3) is 0 Å². The molecule has 1 N–H and O–H groups in total. The van der Waals surface area contributed by atoms with E-state index in [0.29, 0.717) is 4.77 Å². The van der Waals surface area contributed by atoms with Crippen molar-refractivity contribution in [1.82, 2.24) is 19.3 Å². The zero-order chi connectivity index (χ0) is 12.0. The number of aromatic amines is 1. The third-order valence-electron chi connectivity index (χ3n) is 2.79. The number of aromatic nitrogens is 4. The fourth-order valence-electron chi connectivity index (χ4n) is 1.99. The highest BCUT2D eigenvalue weighted by Crippen LogP contribution is 2.20. The topological polar surface area (TPSA) is 38.5 Å². The van der Waals surface area contributed by atoms with Gasteiger partial charge in [0.15, 0.2) is 4.77 Å². The number of fused-ring (bicyclic) bond motifs is 1. The highest BCUT2D eigenvalue weighted by Gasteiger charge is 2.07. The van der Waals surface area contributed by atoms with E-state index in [1.807, 2.05) is 30.1 Å². The molecule has 0 unspecified atom stereocenters. The van der Waals surface area contributed by atoms with Crippen molar-refractivity contribution in [3.05, 3.63) is 40.9 Å². The van der Waals surface area contributed by atoms with Gasteiger partial charge in [-0.05, 0) is 36.8 Å². The molecule has 3 aromatic rings. The first-order valence-electron chi connectivity index (χ1n) is 5.35. The molecule has 2 heterocycles. The number of nitrogens with one attached hydrogen (secondary N) is 1. The second-order valence-electron chi connectivity index (χ2n) is 4.16. The minimum Gasteiger partial charge on any atom is -0.330 e. The first-order chi connectivity index (χ1) is 8.15. The van der Waals surface area contributed by atoms with Gasteiger partial charge in [-0.2, -0.15) is 5.10 Å². The van der Waals surface area contributed by atoms with Gasteiger partial charge < -0.3 is 4.98 Å². The van der Waals surface area contributed by atoms with Crippen LogP contribution in [-0.4, -0.2) is 19.3 Å². The molecule has 3 rings (SSSR count). The average molecular weight is 244 g/mol. The highest BCUT2D eigenvalue weighted by molar-refractivity contribution is 7.71. The van der Waals surface area contributed by atoms with Crippen LogP contribution in [0.4, 0.5) is 0 Å². The molecular weight excluding hydrogens is 232 g/mol. The minimum atomic E-state index is 0.693. The van der Waals surface area contributed by atoms with E-state index >= 15 is 0 Å². The Hall–Kier alpha value is -1.88. The first kappa shape index (κ1) is 10.3. The Morgan fingerprint density at radius 1 is 1.35 bits per heavy atom. The lowest BCUT2D eigenvalue weighted by atomic mass is 10.2. The van der Waals surface area contributed by atoms with E-state index in [9.17, 15) is 0 Å². The molecule has 0 saturated heterocycles. The number of H-pyrrole nitrogens is 1. The molecule has 0 fully saturated rings. The van der Waals surface area contributed by atoms with Crippen LogP contribution >= 0.6 is 12.2 Å². The molecular formula is C12H12N4S. The highest BCUT2D eigenvalue weighted by atomic mass is 32.1. The minimum absolute atomic E-state index is 0.693. The predicted molar refractivity (Wildman–Crippen MR) is 70.0 cm³/mol. The lowest BCUT2D eigenvalue weighted by molar-refractivity contribution is 0.767. The number of imidazole rings is 1. The summed E-state index contributed by atoms with van der Waals surface area (Å²) in [5, 5.41) is 4.18. The standard InChI is InChI=1S/C12H12N4S/c1-8-3-4-10-11(5-8)16(12(17)14-10)9-6-13-15(2)7-9/h3-7H,1-2H3,(H,14,17). The van der Waals surface area contributed by atoms with E-state index in [4.69, 9.17) is 12.2 Å². The van der Waals surface area contributed by atoms with E-state index in [1.165, 1.54) is 5.56 Å². The van der Waals surface area contributed by atoms with Crippen LogP contribution in [0.5, 0.6) is 0 Å². The van der Waals surface area contributed by atoms with E-state index in [1.54, 1.807) is 4.68 Å². The Morgan fingerprint density at radius 3 is 2.88 bits per heavy atom. The van der Waals surface area contributed by atoms with E-state index in [2.05, 4.69) is 29.1 Å². The van der Waals surface area contributed by atoms with Crippen LogP contribution < -0.4 is 0 Å². The molecule has 1 aromatic carbocycles. The van der Waals surface area contributed by atoms with Crippen molar-refractivity contribution in [2.75, 3.05) is 0 Å². The molecule has 5 heteroatoms. The Balaban J connectivity index is 2.39.